The quantitative estimate of drug-likeness (QED) is 0.170. The molecule has 45 heavy (non-hydrogen) atoms. The van der Waals surface area contributed by atoms with Gasteiger partial charge in [0.25, 0.3) is 10.0 Å². The summed E-state index contributed by atoms with van der Waals surface area (Å²) in [5.74, 6) is -1.81. The third-order valence-electron chi connectivity index (χ3n) is 7.55. The summed E-state index contributed by atoms with van der Waals surface area (Å²) in [6.45, 7) is 4.95. The molecule has 0 aliphatic carbocycles. The van der Waals surface area contributed by atoms with Gasteiger partial charge in [0, 0.05) is 23.5 Å². The molecule has 0 aliphatic heterocycles. The van der Waals surface area contributed by atoms with Crippen LogP contribution in [-0.2, 0) is 32.6 Å². The Morgan fingerprint density at radius 3 is 2.11 bits per heavy atom. The number of aryl methyl sites for hydroxylation is 1. The molecule has 0 saturated heterocycles. The number of sulfonamides is 1. The number of hydrogen-bond donors (Lipinski definition) is 1. The molecule has 0 spiro atoms. The molecule has 0 fully saturated rings. The van der Waals surface area contributed by atoms with Crippen molar-refractivity contribution in [2.45, 2.75) is 57.1 Å². The Hall–Kier alpha value is -4.02. The lowest BCUT2D eigenvalue weighted by atomic mass is 10.0. The van der Waals surface area contributed by atoms with E-state index in [9.17, 15) is 18.0 Å². The van der Waals surface area contributed by atoms with Crippen molar-refractivity contribution >= 4 is 43.5 Å². The molecule has 1 N–H and O–H groups in total. The molecule has 2 amide bonds. The maximum absolute atomic E-state index is 15.2. The van der Waals surface area contributed by atoms with E-state index in [4.69, 9.17) is 0 Å². The zero-order valence-electron chi connectivity index (χ0n) is 25.5. The molecule has 4 aromatic carbocycles. The van der Waals surface area contributed by atoms with E-state index in [-0.39, 0.29) is 35.5 Å². The number of benzene rings is 4. The number of para-hydroxylation sites is 1. The third-order valence-corrected chi connectivity index (χ3v) is 9.85. The highest BCUT2D eigenvalue weighted by molar-refractivity contribution is 9.10. The lowest BCUT2D eigenvalue weighted by molar-refractivity contribution is -0.140. The van der Waals surface area contributed by atoms with Crippen LogP contribution in [0.4, 0.5) is 10.1 Å². The van der Waals surface area contributed by atoms with E-state index in [0.717, 1.165) is 31.5 Å². The molecule has 4 aromatic rings. The van der Waals surface area contributed by atoms with Gasteiger partial charge in [0.1, 0.15) is 18.4 Å². The first-order chi connectivity index (χ1) is 21.5. The second-order valence-electron chi connectivity index (χ2n) is 10.9. The first-order valence-corrected chi connectivity index (χ1v) is 16.9. The molecule has 0 bridgehead atoms. The number of nitrogens with zero attached hydrogens (tertiary/aromatic N) is 2. The molecule has 10 heteroatoms. The van der Waals surface area contributed by atoms with Crippen LogP contribution >= 0.6 is 15.9 Å². The second-order valence-corrected chi connectivity index (χ2v) is 13.7. The molecular weight excluding hydrogens is 657 g/mol. The van der Waals surface area contributed by atoms with E-state index in [1.165, 1.54) is 35.2 Å². The minimum atomic E-state index is -4.39. The van der Waals surface area contributed by atoms with E-state index < -0.39 is 34.3 Å². The van der Waals surface area contributed by atoms with E-state index in [1.54, 1.807) is 12.1 Å². The van der Waals surface area contributed by atoms with Gasteiger partial charge in [0.2, 0.25) is 11.8 Å². The number of hydrogen-bond acceptors (Lipinski definition) is 4. The van der Waals surface area contributed by atoms with Gasteiger partial charge in [-0.3, -0.25) is 13.9 Å². The monoisotopic (exact) mass is 693 g/mol. The lowest BCUT2D eigenvalue weighted by Crippen LogP contribution is -2.54. The van der Waals surface area contributed by atoms with Crippen molar-refractivity contribution in [1.82, 2.24) is 10.2 Å². The number of carbonyl (C=O) groups is 2. The lowest BCUT2D eigenvalue weighted by Gasteiger charge is -2.34. The largest absolute Gasteiger partial charge is 0.352 e. The molecule has 7 nitrogen and oxygen atoms in total. The van der Waals surface area contributed by atoms with Crippen molar-refractivity contribution in [3.63, 3.8) is 0 Å². The van der Waals surface area contributed by atoms with Gasteiger partial charge in [-0.2, -0.15) is 0 Å². The summed E-state index contributed by atoms with van der Waals surface area (Å²) in [5.41, 5.74) is 2.14. The molecule has 0 saturated carbocycles. The second kappa shape index (κ2) is 15.3. The Morgan fingerprint density at radius 1 is 0.867 bits per heavy atom. The highest BCUT2D eigenvalue weighted by Crippen LogP contribution is 2.27. The molecule has 4 rings (SSSR count). The molecular formula is C35H37BrFN3O4S. The van der Waals surface area contributed by atoms with E-state index >= 15 is 4.39 Å². The SMILES string of the molecule is CCC(C)NC(=O)C(Cc1ccccc1)N(Cc1ccc(Br)cc1)C(=O)CN(c1ccccc1F)S(=O)(=O)c1ccc(C)cc1. The average molecular weight is 695 g/mol. The fourth-order valence-corrected chi connectivity index (χ4v) is 6.47. The fraction of sp³-hybridized carbons (Fsp3) is 0.257. The van der Waals surface area contributed by atoms with E-state index in [0.29, 0.717) is 6.42 Å². The van der Waals surface area contributed by atoms with Crippen LogP contribution in [0.15, 0.2) is 112 Å². The van der Waals surface area contributed by atoms with Crippen LogP contribution in [0, 0.1) is 12.7 Å². The first-order valence-electron chi connectivity index (χ1n) is 14.7. The Kier molecular flexibility index (Phi) is 11.5. The third kappa shape index (κ3) is 8.79. The number of carbonyl (C=O) groups excluding carboxylic acids is 2. The van der Waals surface area contributed by atoms with Gasteiger partial charge in [0.15, 0.2) is 0 Å². The number of nitrogens with one attached hydrogen (secondary N) is 1. The zero-order valence-corrected chi connectivity index (χ0v) is 27.9. The summed E-state index contributed by atoms with van der Waals surface area (Å²) < 4.78 is 44.9. The number of halogens is 2. The summed E-state index contributed by atoms with van der Waals surface area (Å²) in [5, 5.41) is 3.00. The van der Waals surface area contributed by atoms with Crippen molar-refractivity contribution in [3.8, 4) is 0 Å². The standard InChI is InChI=1S/C35H37BrFN3O4S/c1-4-26(3)38-35(42)33(22-27-10-6-5-7-11-27)39(23-28-16-18-29(36)19-17-28)34(41)24-40(32-13-9-8-12-31(32)37)45(43,44)30-20-14-25(2)15-21-30/h5-21,26,33H,4,22-24H2,1-3H3,(H,38,42). The zero-order chi connectivity index (χ0) is 32.6. The van der Waals surface area contributed by atoms with Crippen LogP contribution in [0.1, 0.15) is 37.0 Å². The van der Waals surface area contributed by atoms with Gasteiger partial charge in [-0.05, 0) is 67.8 Å². The summed E-state index contributed by atoms with van der Waals surface area (Å²) in [7, 11) is -4.39. The summed E-state index contributed by atoms with van der Waals surface area (Å²) in [6.07, 6.45) is 0.871. The van der Waals surface area contributed by atoms with Crippen LogP contribution in [0.5, 0.6) is 0 Å². The number of anilines is 1. The summed E-state index contributed by atoms with van der Waals surface area (Å²) >= 11 is 3.43. The van der Waals surface area contributed by atoms with Gasteiger partial charge >= 0.3 is 0 Å². The van der Waals surface area contributed by atoms with Crippen molar-refractivity contribution in [1.29, 1.82) is 0 Å². The first kappa shape index (κ1) is 33.9. The van der Waals surface area contributed by atoms with Crippen LogP contribution in [0.2, 0.25) is 0 Å². The minimum absolute atomic E-state index is 0.0211. The van der Waals surface area contributed by atoms with Crippen LogP contribution in [0.3, 0.4) is 0 Å². The topological polar surface area (TPSA) is 86.8 Å². The molecule has 0 radical (unpaired) electrons. The number of rotatable bonds is 13. The molecule has 0 aliphatic rings. The van der Waals surface area contributed by atoms with Crippen molar-refractivity contribution in [2.75, 3.05) is 10.8 Å². The number of amides is 2. The molecule has 0 aromatic heterocycles. The van der Waals surface area contributed by atoms with Gasteiger partial charge < -0.3 is 10.2 Å². The molecule has 2 unspecified atom stereocenters. The van der Waals surface area contributed by atoms with Gasteiger partial charge in [-0.1, -0.05) is 95.1 Å². The molecule has 0 heterocycles. The Bertz CT molecular complexity index is 1700. The van der Waals surface area contributed by atoms with E-state index in [2.05, 4.69) is 21.2 Å². The highest BCUT2D eigenvalue weighted by Gasteiger charge is 2.35. The van der Waals surface area contributed by atoms with Gasteiger partial charge in [0.05, 0.1) is 10.6 Å². The maximum Gasteiger partial charge on any atom is 0.264 e. The van der Waals surface area contributed by atoms with Gasteiger partial charge in [-0.15, -0.1) is 0 Å². The van der Waals surface area contributed by atoms with Crippen LogP contribution in [0.25, 0.3) is 0 Å². The van der Waals surface area contributed by atoms with Crippen LogP contribution in [-0.4, -0.2) is 43.8 Å². The molecule has 2 atom stereocenters. The summed E-state index contributed by atoms with van der Waals surface area (Å²) in [6, 6.07) is 27.1. The Morgan fingerprint density at radius 2 is 1.49 bits per heavy atom. The van der Waals surface area contributed by atoms with E-state index in [1.807, 2.05) is 75.4 Å². The Labute approximate surface area is 273 Å². The van der Waals surface area contributed by atoms with Gasteiger partial charge in [-0.25, -0.2) is 12.8 Å². The smallest absolute Gasteiger partial charge is 0.264 e. The van der Waals surface area contributed by atoms with Crippen molar-refractivity contribution in [3.05, 3.63) is 130 Å². The Balaban J connectivity index is 1.81. The molecule has 236 valence electrons. The average Bonchev–Trinajstić information content (AvgIpc) is 3.03. The van der Waals surface area contributed by atoms with Crippen molar-refractivity contribution < 1.29 is 22.4 Å². The van der Waals surface area contributed by atoms with Crippen molar-refractivity contribution in [2.24, 2.45) is 0 Å². The fourth-order valence-electron chi connectivity index (χ4n) is 4.79. The summed E-state index contributed by atoms with van der Waals surface area (Å²) in [4.78, 5) is 29.6. The normalized spacial score (nSPS) is 12.6. The predicted molar refractivity (Wildman–Crippen MR) is 179 cm³/mol. The maximum atomic E-state index is 15.2. The highest BCUT2D eigenvalue weighted by atomic mass is 79.9. The minimum Gasteiger partial charge on any atom is -0.352 e. The predicted octanol–water partition coefficient (Wildman–Crippen LogP) is 6.65. The van der Waals surface area contributed by atoms with Crippen LogP contribution < -0.4 is 9.62 Å².